The number of fused-ring (bicyclic) bond motifs is 1. The van der Waals surface area contributed by atoms with Gasteiger partial charge in [-0.1, -0.05) is 40.5 Å². The first-order chi connectivity index (χ1) is 14.6. The molecular formula is C23H21BrN4O2. The van der Waals surface area contributed by atoms with E-state index in [0.717, 1.165) is 41.6 Å². The summed E-state index contributed by atoms with van der Waals surface area (Å²) < 4.78 is 1.01. The molecule has 0 unspecified atom stereocenters. The van der Waals surface area contributed by atoms with E-state index in [0.29, 0.717) is 12.2 Å². The van der Waals surface area contributed by atoms with Crippen molar-refractivity contribution in [1.82, 2.24) is 5.01 Å². The molecule has 3 atom stereocenters. The summed E-state index contributed by atoms with van der Waals surface area (Å²) in [6.45, 7) is 0.516. The van der Waals surface area contributed by atoms with Crippen molar-refractivity contribution < 1.29 is 9.59 Å². The Labute approximate surface area is 183 Å². The number of hydrazone groups is 1. The Morgan fingerprint density at radius 1 is 0.933 bits per heavy atom. The number of hydrazine groups is 1. The summed E-state index contributed by atoms with van der Waals surface area (Å²) in [6.07, 6.45) is 3.85. The van der Waals surface area contributed by atoms with Gasteiger partial charge < -0.3 is 0 Å². The first-order valence-electron chi connectivity index (χ1n) is 10.5. The van der Waals surface area contributed by atoms with Gasteiger partial charge in [-0.2, -0.15) is 15.2 Å². The van der Waals surface area contributed by atoms with Crippen molar-refractivity contribution in [1.29, 1.82) is 0 Å². The molecule has 3 heterocycles. The van der Waals surface area contributed by atoms with E-state index in [2.05, 4.69) is 20.9 Å². The highest BCUT2D eigenvalue weighted by Gasteiger charge is 2.70. The van der Waals surface area contributed by atoms with Crippen molar-refractivity contribution in [2.75, 3.05) is 16.6 Å². The largest absolute Gasteiger partial charge is 0.274 e. The zero-order valence-electron chi connectivity index (χ0n) is 16.4. The van der Waals surface area contributed by atoms with Crippen LogP contribution in [0.2, 0.25) is 0 Å². The Hall–Kier alpha value is -2.51. The van der Waals surface area contributed by atoms with Gasteiger partial charge in [0, 0.05) is 11.0 Å². The highest BCUT2D eigenvalue weighted by molar-refractivity contribution is 9.10. The Bertz CT molecular complexity index is 1070. The van der Waals surface area contributed by atoms with E-state index in [1.54, 1.807) is 0 Å². The van der Waals surface area contributed by atoms with Crippen LogP contribution in [0.5, 0.6) is 0 Å². The van der Waals surface area contributed by atoms with Gasteiger partial charge in [-0.15, -0.1) is 0 Å². The molecule has 2 saturated heterocycles. The predicted octanol–water partition coefficient (Wildman–Crippen LogP) is 3.97. The van der Waals surface area contributed by atoms with Crippen LogP contribution >= 0.6 is 15.9 Å². The second-order valence-corrected chi connectivity index (χ2v) is 9.37. The normalized spacial score (nSPS) is 30.4. The number of hydrogen-bond acceptors (Lipinski definition) is 5. The van der Waals surface area contributed by atoms with E-state index >= 15 is 0 Å². The minimum absolute atomic E-state index is 0.0778. The highest BCUT2D eigenvalue weighted by atomic mass is 79.9. The van der Waals surface area contributed by atoms with Crippen LogP contribution in [0.25, 0.3) is 0 Å². The monoisotopic (exact) mass is 464 g/mol. The van der Waals surface area contributed by atoms with Crippen molar-refractivity contribution in [3.8, 4) is 0 Å². The molecule has 0 bridgehead atoms. The molecule has 30 heavy (non-hydrogen) atoms. The van der Waals surface area contributed by atoms with Gasteiger partial charge in [0.25, 0.3) is 0 Å². The van der Waals surface area contributed by atoms with Gasteiger partial charge >= 0.3 is 0 Å². The number of para-hydroxylation sites is 1. The van der Waals surface area contributed by atoms with E-state index in [9.17, 15) is 9.59 Å². The number of anilines is 2. The Kier molecular flexibility index (Phi) is 3.95. The number of rotatable bonds is 2. The van der Waals surface area contributed by atoms with Crippen LogP contribution in [-0.4, -0.2) is 34.6 Å². The van der Waals surface area contributed by atoms with Crippen LogP contribution in [0.3, 0.4) is 0 Å². The van der Waals surface area contributed by atoms with E-state index in [1.807, 2.05) is 59.7 Å². The third kappa shape index (κ3) is 2.30. The highest BCUT2D eigenvalue weighted by Crippen LogP contribution is 2.55. The van der Waals surface area contributed by atoms with E-state index in [1.165, 1.54) is 4.90 Å². The van der Waals surface area contributed by atoms with Crippen LogP contribution in [0.1, 0.15) is 25.7 Å². The lowest BCUT2D eigenvalue weighted by Crippen LogP contribution is -2.57. The second-order valence-electron chi connectivity index (χ2n) is 8.46. The van der Waals surface area contributed by atoms with Crippen LogP contribution in [0.4, 0.5) is 11.4 Å². The zero-order valence-corrected chi connectivity index (χ0v) is 18.0. The zero-order chi connectivity index (χ0) is 20.5. The molecule has 6 nitrogen and oxygen atoms in total. The molecule has 1 spiro atoms. The quantitative estimate of drug-likeness (QED) is 0.630. The number of carbonyl (C=O) groups is 2. The third-order valence-electron chi connectivity index (χ3n) is 7.01. The van der Waals surface area contributed by atoms with Gasteiger partial charge in [-0.05, 0) is 55.7 Å². The van der Waals surface area contributed by atoms with Crippen LogP contribution in [0.15, 0.2) is 64.2 Å². The molecule has 6 rings (SSSR count). The number of carbonyl (C=O) groups excluding carboxylic acids is 2. The van der Waals surface area contributed by atoms with Gasteiger partial charge in [0.15, 0.2) is 0 Å². The van der Waals surface area contributed by atoms with Gasteiger partial charge in [0.2, 0.25) is 11.8 Å². The third-order valence-corrected chi connectivity index (χ3v) is 7.54. The fraction of sp³-hybridized carbons (Fsp3) is 0.348. The number of benzene rings is 2. The van der Waals surface area contributed by atoms with Crippen molar-refractivity contribution in [2.45, 2.75) is 31.2 Å². The summed E-state index contributed by atoms with van der Waals surface area (Å²) in [5.41, 5.74) is 2.20. The van der Waals surface area contributed by atoms with Crippen LogP contribution in [-0.2, 0) is 9.59 Å². The maximum absolute atomic E-state index is 13.7. The Morgan fingerprint density at radius 3 is 2.47 bits per heavy atom. The van der Waals surface area contributed by atoms with Crippen molar-refractivity contribution in [3.63, 3.8) is 0 Å². The maximum atomic E-state index is 13.7. The molecule has 2 aromatic carbocycles. The number of imide groups is 1. The van der Waals surface area contributed by atoms with E-state index in [-0.39, 0.29) is 23.7 Å². The molecular weight excluding hydrogens is 444 g/mol. The molecule has 3 fully saturated rings. The fourth-order valence-electron chi connectivity index (χ4n) is 5.77. The standard InChI is InChI=1S/C23H21BrN4O2/c24-15-9-11-17(12-10-15)28-25-19-8-4-5-13-23(19)20-18(14-26(23)28)21(29)27(22(20)30)16-6-2-1-3-7-16/h1-3,6-7,9-12,18,20H,4-5,8,13-14H2/t18-,20+,23+/m0/s1. The van der Waals surface area contributed by atoms with Crippen LogP contribution in [0, 0.1) is 11.8 Å². The summed E-state index contributed by atoms with van der Waals surface area (Å²) in [7, 11) is 0. The molecule has 4 aliphatic rings. The minimum Gasteiger partial charge on any atom is -0.274 e. The molecule has 0 aromatic heterocycles. The van der Waals surface area contributed by atoms with Crippen molar-refractivity contribution in [3.05, 3.63) is 59.1 Å². The number of halogens is 1. The first kappa shape index (κ1) is 18.3. The molecule has 1 saturated carbocycles. The summed E-state index contributed by atoms with van der Waals surface area (Å²) in [5, 5.41) is 9.13. The van der Waals surface area contributed by atoms with Gasteiger partial charge in [0.05, 0.1) is 34.5 Å². The molecule has 0 N–H and O–H groups in total. The fourth-order valence-corrected chi connectivity index (χ4v) is 6.04. The average molecular weight is 465 g/mol. The van der Waals surface area contributed by atoms with Gasteiger partial charge in [-0.3, -0.25) is 9.59 Å². The predicted molar refractivity (Wildman–Crippen MR) is 118 cm³/mol. The summed E-state index contributed by atoms with van der Waals surface area (Å²) in [4.78, 5) is 28.5. The smallest absolute Gasteiger partial charge is 0.240 e. The van der Waals surface area contributed by atoms with Gasteiger partial charge in [0.1, 0.15) is 0 Å². The maximum Gasteiger partial charge on any atom is 0.240 e. The van der Waals surface area contributed by atoms with E-state index < -0.39 is 5.54 Å². The molecule has 152 valence electrons. The van der Waals surface area contributed by atoms with Crippen LogP contribution < -0.4 is 10.0 Å². The molecule has 2 amide bonds. The topological polar surface area (TPSA) is 56.2 Å². The second kappa shape index (κ2) is 6.49. The molecule has 0 radical (unpaired) electrons. The SMILES string of the molecule is O=C1[C@H]2CN3N(c4ccc(Br)cc4)N=C4CCCC[C@]43[C@H]2C(=O)N1c1ccccc1. The lowest BCUT2D eigenvalue weighted by Gasteiger charge is -2.41. The molecule has 3 aliphatic heterocycles. The minimum atomic E-state index is -0.480. The van der Waals surface area contributed by atoms with E-state index in [4.69, 9.17) is 5.10 Å². The number of amides is 2. The Balaban J connectivity index is 1.44. The van der Waals surface area contributed by atoms with Gasteiger partial charge in [-0.25, -0.2) is 4.90 Å². The van der Waals surface area contributed by atoms with Crippen molar-refractivity contribution in [2.24, 2.45) is 16.9 Å². The lowest BCUT2D eigenvalue weighted by molar-refractivity contribution is -0.124. The average Bonchev–Trinajstić information content (AvgIpc) is 3.34. The molecule has 2 aromatic rings. The lowest BCUT2D eigenvalue weighted by atomic mass is 9.70. The Morgan fingerprint density at radius 2 is 1.70 bits per heavy atom. The molecule has 1 aliphatic carbocycles. The number of nitrogens with zero attached hydrogens (tertiary/aromatic N) is 4. The summed E-state index contributed by atoms with van der Waals surface area (Å²) in [6, 6.07) is 17.3. The molecule has 7 heteroatoms. The number of hydrogen-bond donors (Lipinski definition) is 0. The first-order valence-corrected chi connectivity index (χ1v) is 11.2. The summed E-state index contributed by atoms with van der Waals surface area (Å²) >= 11 is 3.49. The van der Waals surface area contributed by atoms with Crippen molar-refractivity contribution >= 4 is 44.8 Å². The summed E-state index contributed by atoms with van der Waals surface area (Å²) in [5.74, 6) is -0.865.